The van der Waals surface area contributed by atoms with Crippen LogP contribution in [0, 0.1) is 0 Å². The van der Waals surface area contributed by atoms with Gasteiger partial charge in [-0.3, -0.25) is 9.69 Å². The Morgan fingerprint density at radius 2 is 2.10 bits per heavy atom. The van der Waals surface area contributed by atoms with Gasteiger partial charge in [0.25, 0.3) is 5.91 Å². The van der Waals surface area contributed by atoms with E-state index in [0.29, 0.717) is 15.5 Å². The molecule has 0 spiro atoms. The van der Waals surface area contributed by atoms with Gasteiger partial charge in [0.1, 0.15) is 6.04 Å². The molecule has 0 saturated carbocycles. The van der Waals surface area contributed by atoms with Crippen LogP contribution in [0.4, 0.5) is 5.69 Å². The largest absolute Gasteiger partial charge is 0.324 e. The maximum atomic E-state index is 12.6. The summed E-state index contributed by atoms with van der Waals surface area (Å²) in [7, 11) is 0. The van der Waals surface area contributed by atoms with Crippen LogP contribution >= 0.6 is 35.6 Å². The molecular weight excluding hydrogens is 312 g/mol. The molecular formula is C14H15ClN2OS2. The van der Waals surface area contributed by atoms with E-state index < -0.39 is 0 Å². The molecule has 0 N–H and O–H groups in total. The third kappa shape index (κ3) is 2.22. The van der Waals surface area contributed by atoms with Gasteiger partial charge in [-0.2, -0.15) is 0 Å². The second-order valence-corrected chi connectivity index (χ2v) is 6.94. The summed E-state index contributed by atoms with van der Waals surface area (Å²) in [6.07, 6.45) is 2.15. The monoisotopic (exact) mass is 326 g/mol. The molecule has 1 aromatic carbocycles. The molecule has 2 saturated heterocycles. The Balaban J connectivity index is 1.90. The molecule has 20 heavy (non-hydrogen) atoms. The summed E-state index contributed by atoms with van der Waals surface area (Å²) in [5, 5.41) is 1.62. The molecule has 2 unspecified atom stereocenters. The van der Waals surface area contributed by atoms with Gasteiger partial charge in [-0.15, -0.1) is 11.8 Å². The zero-order chi connectivity index (χ0) is 14.3. The zero-order valence-electron chi connectivity index (χ0n) is 11.1. The van der Waals surface area contributed by atoms with E-state index in [9.17, 15) is 4.79 Å². The number of hydrogen-bond donors (Lipinski definition) is 0. The molecule has 2 heterocycles. The fourth-order valence-electron chi connectivity index (χ4n) is 2.67. The highest BCUT2D eigenvalue weighted by molar-refractivity contribution is 8.00. The SMILES string of the molecule is CCCC1SCC2C(=O)N(c3ccc(Cl)cc3)C(=S)N12. The number of amides is 1. The molecule has 2 aliphatic heterocycles. The van der Waals surface area contributed by atoms with Gasteiger partial charge in [-0.1, -0.05) is 24.9 Å². The summed E-state index contributed by atoms with van der Waals surface area (Å²) in [5.41, 5.74) is 0.805. The summed E-state index contributed by atoms with van der Waals surface area (Å²) in [4.78, 5) is 16.3. The fraction of sp³-hybridized carbons (Fsp3) is 0.429. The number of anilines is 1. The van der Waals surface area contributed by atoms with Crippen molar-refractivity contribution in [2.45, 2.75) is 31.2 Å². The highest BCUT2D eigenvalue weighted by atomic mass is 35.5. The summed E-state index contributed by atoms with van der Waals surface area (Å²) in [5.74, 6) is 0.914. The van der Waals surface area contributed by atoms with Crippen molar-refractivity contribution in [2.24, 2.45) is 0 Å². The smallest absolute Gasteiger partial charge is 0.257 e. The van der Waals surface area contributed by atoms with E-state index >= 15 is 0 Å². The van der Waals surface area contributed by atoms with Crippen LogP contribution in [0.3, 0.4) is 0 Å². The van der Waals surface area contributed by atoms with Crippen molar-refractivity contribution in [1.29, 1.82) is 0 Å². The van der Waals surface area contributed by atoms with Crippen LogP contribution in [0.25, 0.3) is 0 Å². The van der Waals surface area contributed by atoms with Crippen LogP contribution in [0.5, 0.6) is 0 Å². The lowest BCUT2D eigenvalue weighted by molar-refractivity contribution is -0.119. The van der Waals surface area contributed by atoms with Crippen molar-refractivity contribution in [3.63, 3.8) is 0 Å². The van der Waals surface area contributed by atoms with Crippen molar-refractivity contribution in [3.05, 3.63) is 29.3 Å². The van der Waals surface area contributed by atoms with Gasteiger partial charge in [-0.25, -0.2) is 0 Å². The first kappa shape index (κ1) is 14.2. The van der Waals surface area contributed by atoms with Crippen molar-refractivity contribution in [1.82, 2.24) is 4.90 Å². The number of fused-ring (bicyclic) bond motifs is 1. The molecule has 1 aromatic rings. The van der Waals surface area contributed by atoms with E-state index in [1.165, 1.54) is 0 Å². The van der Waals surface area contributed by atoms with Gasteiger partial charge in [0.2, 0.25) is 0 Å². The lowest BCUT2D eigenvalue weighted by atomic mass is 10.2. The standard InChI is InChI=1S/C14H15ClN2OS2/c1-2-3-12-17-11(8-20-12)13(18)16(14(17)19)10-6-4-9(15)5-7-10/h4-7,11-12H,2-3,8H2,1H3. The summed E-state index contributed by atoms with van der Waals surface area (Å²) in [6, 6.07) is 7.16. The Labute approximate surface area is 133 Å². The number of thioether (sulfide) groups is 1. The number of benzene rings is 1. The van der Waals surface area contributed by atoms with Crippen molar-refractivity contribution in [2.75, 3.05) is 10.7 Å². The van der Waals surface area contributed by atoms with Gasteiger partial charge >= 0.3 is 0 Å². The lowest BCUT2D eigenvalue weighted by Gasteiger charge is -2.25. The van der Waals surface area contributed by atoms with Crippen molar-refractivity contribution in [3.8, 4) is 0 Å². The lowest BCUT2D eigenvalue weighted by Crippen LogP contribution is -2.37. The number of nitrogens with zero attached hydrogens (tertiary/aromatic N) is 2. The van der Waals surface area contributed by atoms with Crippen molar-refractivity contribution >= 4 is 52.3 Å². The number of carbonyl (C=O) groups excluding carboxylic acids is 1. The summed E-state index contributed by atoms with van der Waals surface area (Å²) < 4.78 is 0. The molecule has 0 aliphatic carbocycles. The van der Waals surface area contributed by atoms with E-state index in [4.69, 9.17) is 23.8 Å². The highest BCUT2D eigenvalue weighted by Gasteiger charge is 2.49. The normalized spacial score (nSPS) is 25.5. The summed E-state index contributed by atoms with van der Waals surface area (Å²) >= 11 is 13.3. The molecule has 0 bridgehead atoms. The average Bonchev–Trinajstić information content (AvgIpc) is 2.94. The van der Waals surface area contributed by atoms with Crippen LogP contribution in [0.15, 0.2) is 24.3 Å². The maximum absolute atomic E-state index is 12.6. The average molecular weight is 327 g/mol. The number of halogens is 1. The van der Waals surface area contributed by atoms with E-state index in [1.807, 2.05) is 23.9 Å². The van der Waals surface area contributed by atoms with Crippen LogP contribution in [0.1, 0.15) is 19.8 Å². The maximum Gasteiger partial charge on any atom is 0.257 e. The van der Waals surface area contributed by atoms with Gasteiger partial charge < -0.3 is 4.90 Å². The zero-order valence-corrected chi connectivity index (χ0v) is 13.5. The van der Waals surface area contributed by atoms with E-state index in [1.54, 1.807) is 17.0 Å². The number of hydrogen-bond acceptors (Lipinski definition) is 3. The molecule has 106 valence electrons. The molecule has 1 amide bonds. The number of rotatable bonds is 3. The van der Waals surface area contributed by atoms with E-state index in [0.717, 1.165) is 24.3 Å². The Morgan fingerprint density at radius 1 is 1.40 bits per heavy atom. The first-order valence-electron chi connectivity index (χ1n) is 6.67. The molecule has 2 fully saturated rings. The Hall–Kier alpha value is -0.780. The number of carbonyl (C=O) groups is 1. The Kier molecular flexibility index (Phi) is 3.93. The first-order valence-corrected chi connectivity index (χ1v) is 8.50. The van der Waals surface area contributed by atoms with Gasteiger partial charge in [0.15, 0.2) is 5.11 Å². The molecule has 3 nitrogen and oxygen atoms in total. The second kappa shape index (κ2) is 5.54. The third-order valence-electron chi connectivity index (χ3n) is 3.63. The third-order valence-corrected chi connectivity index (χ3v) is 5.63. The second-order valence-electron chi connectivity index (χ2n) is 4.93. The van der Waals surface area contributed by atoms with Crippen molar-refractivity contribution < 1.29 is 4.79 Å². The van der Waals surface area contributed by atoms with Crippen LogP contribution in [-0.4, -0.2) is 33.1 Å². The van der Waals surface area contributed by atoms with Gasteiger partial charge in [0, 0.05) is 10.8 Å². The minimum atomic E-state index is -0.0975. The number of thiocarbonyl (C=S) groups is 1. The highest BCUT2D eigenvalue weighted by Crippen LogP contribution is 2.39. The molecule has 6 heteroatoms. The van der Waals surface area contributed by atoms with E-state index in [-0.39, 0.29) is 11.9 Å². The van der Waals surface area contributed by atoms with Gasteiger partial charge in [0.05, 0.1) is 11.1 Å². The molecule has 2 aliphatic rings. The van der Waals surface area contributed by atoms with Crippen LogP contribution < -0.4 is 4.90 Å². The first-order chi connectivity index (χ1) is 9.63. The predicted molar refractivity (Wildman–Crippen MR) is 88.3 cm³/mol. The minimum Gasteiger partial charge on any atom is -0.324 e. The van der Waals surface area contributed by atoms with Crippen LogP contribution in [0.2, 0.25) is 5.02 Å². The Bertz CT molecular complexity index is 549. The quantitative estimate of drug-likeness (QED) is 0.793. The molecule has 0 aromatic heterocycles. The minimum absolute atomic E-state index is 0.0865. The molecule has 2 atom stereocenters. The molecule has 3 rings (SSSR count). The topological polar surface area (TPSA) is 23.6 Å². The predicted octanol–water partition coefficient (Wildman–Crippen LogP) is 3.52. The Morgan fingerprint density at radius 3 is 2.75 bits per heavy atom. The van der Waals surface area contributed by atoms with Crippen LogP contribution in [-0.2, 0) is 4.79 Å². The van der Waals surface area contributed by atoms with E-state index in [2.05, 4.69) is 11.8 Å². The fourth-order valence-corrected chi connectivity index (χ4v) is 4.83. The van der Waals surface area contributed by atoms with Gasteiger partial charge in [-0.05, 0) is 42.9 Å². The summed E-state index contributed by atoms with van der Waals surface area (Å²) in [6.45, 7) is 2.16. The molecule has 0 radical (unpaired) electrons.